The summed E-state index contributed by atoms with van der Waals surface area (Å²) in [6.07, 6.45) is -0.667. The van der Waals surface area contributed by atoms with E-state index < -0.39 is 22.6 Å². The average molecular weight is 354 g/mol. The SMILES string of the molecule is COCCN(Cc1cc(C(=O)O)ccc1[N+](=O)[O-])C(=O)OC(C)(C)C. The molecule has 1 aromatic rings. The number of carbonyl (C=O) groups excluding carboxylic acids is 1. The molecule has 0 saturated heterocycles. The second-order valence-electron chi connectivity index (χ2n) is 6.30. The lowest BCUT2D eigenvalue weighted by Crippen LogP contribution is -2.38. The van der Waals surface area contributed by atoms with Gasteiger partial charge in [0.25, 0.3) is 5.69 Å². The summed E-state index contributed by atoms with van der Waals surface area (Å²) in [5.74, 6) is -1.21. The first-order valence-electron chi connectivity index (χ1n) is 7.52. The van der Waals surface area contributed by atoms with E-state index >= 15 is 0 Å². The molecule has 1 amide bonds. The number of nitro benzene ring substituents is 1. The van der Waals surface area contributed by atoms with Crippen LogP contribution in [0.5, 0.6) is 0 Å². The molecule has 0 spiro atoms. The quantitative estimate of drug-likeness (QED) is 0.590. The van der Waals surface area contributed by atoms with E-state index in [0.717, 1.165) is 12.1 Å². The third kappa shape index (κ3) is 6.38. The van der Waals surface area contributed by atoms with Crippen molar-refractivity contribution < 1.29 is 29.1 Å². The minimum absolute atomic E-state index is 0.100. The van der Waals surface area contributed by atoms with E-state index in [2.05, 4.69) is 0 Å². The van der Waals surface area contributed by atoms with Gasteiger partial charge in [-0.15, -0.1) is 0 Å². The van der Waals surface area contributed by atoms with Crippen molar-refractivity contribution >= 4 is 17.7 Å². The molecule has 0 heterocycles. The zero-order valence-corrected chi connectivity index (χ0v) is 14.6. The van der Waals surface area contributed by atoms with Crippen LogP contribution < -0.4 is 0 Å². The van der Waals surface area contributed by atoms with Crippen LogP contribution in [0.1, 0.15) is 36.7 Å². The van der Waals surface area contributed by atoms with Crippen molar-refractivity contribution in [1.82, 2.24) is 4.90 Å². The number of hydrogen-bond acceptors (Lipinski definition) is 6. The number of hydrogen-bond donors (Lipinski definition) is 1. The first-order valence-corrected chi connectivity index (χ1v) is 7.52. The first kappa shape index (κ1) is 20.4. The maximum atomic E-state index is 12.3. The highest BCUT2D eigenvalue weighted by Crippen LogP contribution is 2.23. The number of carboxylic acid groups (broad SMARTS) is 1. The lowest BCUT2D eigenvalue weighted by molar-refractivity contribution is -0.385. The van der Waals surface area contributed by atoms with Crippen LogP contribution in [0.3, 0.4) is 0 Å². The highest BCUT2D eigenvalue weighted by atomic mass is 16.6. The molecule has 1 N–H and O–H groups in total. The summed E-state index contributed by atoms with van der Waals surface area (Å²) in [6, 6.07) is 3.45. The average Bonchev–Trinajstić information content (AvgIpc) is 2.49. The summed E-state index contributed by atoms with van der Waals surface area (Å²) < 4.78 is 10.2. The highest BCUT2D eigenvalue weighted by molar-refractivity contribution is 5.88. The topological polar surface area (TPSA) is 119 Å². The van der Waals surface area contributed by atoms with Crippen molar-refractivity contribution in [1.29, 1.82) is 0 Å². The molecule has 0 aliphatic rings. The molecule has 0 atom stereocenters. The highest BCUT2D eigenvalue weighted by Gasteiger charge is 2.25. The Morgan fingerprint density at radius 3 is 2.44 bits per heavy atom. The molecule has 138 valence electrons. The van der Waals surface area contributed by atoms with E-state index in [9.17, 15) is 19.7 Å². The lowest BCUT2D eigenvalue weighted by atomic mass is 10.1. The van der Waals surface area contributed by atoms with Gasteiger partial charge in [-0.1, -0.05) is 0 Å². The Bertz CT molecular complexity index is 652. The molecule has 1 rings (SSSR count). The zero-order valence-electron chi connectivity index (χ0n) is 14.6. The van der Waals surface area contributed by atoms with Crippen LogP contribution >= 0.6 is 0 Å². The third-order valence-corrected chi connectivity index (χ3v) is 3.10. The van der Waals surface area contributed by atoms with E-state index in [4.69, 9.17) is 14.6 Å². The van der Waals surface area contributed by atoms with Gasteiger partial charge in [0.1, 0.15) is 5.60 Å². The van der Waals surface area contributed by atoms with Crippen molar-refractivity contribution in [2.75, 3.05) is 20.3 Å². The summed E-state index contributed by atoms with van der Waals surface area (Å²) in [7, 11) is 1.46. The minimum Gasteiger partial charge on any atom is -0.478 e. The number of amides is 1. The second kappa shape index (κ2) is 8.43. The molecule has 0 aliphatic heterocycles. The number of methoxy groups -OCH3 is 1. The summed E-state index contributed by atoms with van der Waals surface area (Å²) in [5, 5.41) is 20.3. The van der Waals surface area contributed by atoms with E-state index in [-0.39, 0.29) is 36.5 Å². The summed E-state index contributed by atoms with van der Waals surface area (Å²) in [5.41, 5.74) is -1.00. The Kier molecular flexibility index (Phi) is 6.86. The fourth-order valence-corrected chi connectivity index (χ4v) is 1.99. The number of aromatic carboxylic acids is 1. The summed E-state index contributed by atoms with van der Waals surface area (Å²) in [4.78, 5) is 35.3. The lowest BCUT2D eigenvalue weighted by Gasteiger charge is -2.27. The normalized spacial score (nSPS) is 11.0. The monoisotopic (exact) mass is 354 g/mol. The maximum absolute atomic E-state index is 12.3. The Balaban J connectivity index is 3.17. The maximum Gasteiger partial charge on any atom is 0.410 e. The van der Waals surface area contributed by atoms with Gasteiger partial charge in [-0.05, 0) is 32.9 Å². The molecule has 0 fully saturated rings. The largest absolute Gasteiger partial charge is 0.478 e. The Morgan fingerprint density at radius 2 is 1.96 bits per heavy atom. The number of carbonyl (C=O) groups is 2. The molecule has 9 nitrogen and oxygen atoms in total. The number of nitrogens with zero attached hydrogens (tertiary/aromatic N) is 2. The Labute approximate surface area is 145 Å². The fraction of sp³-hybridized carbons (Fsp3) is 0.500. The smallest absolute Gasteiger partial charge is 0.410 e. The van der Waals surface area contributed by atoms with Crippen molar-refractivity contribution in [2.45, 2.75) is 32.9 Å². The van der Waals surface area contributed by atoms with Crippen molar-refractivity contribution in [3.63, 3.8) is 0 Å². The van der Waals surface area contributed by atoms with Crippen LogP contribution in [-0.4, -0.2) is 52.9 Å². The molecule has 0 unspecified atom stereocenters. The van der Waals surface area contributed by atoms with Crippen molar-refractivity contribution in [2.24, 2.45) is 0 Å². The van der Waals surface area contributed by atoms with Crippen LogP contribution in [0.25, 0.3) is 0 Å². The Morgan fingerprint density at radius 1 is 1.32 bits per heavy atom. The molecular weight excluding hydrogens is 332 g/mol. The van der Waals surface area contributed by atoms with Gasteiger partial charge in [0.15, 0.2) is 0 Å². The van der Waals surface area contributed by atoms with E-state index in [0.29, 0.717) is 0 Å². The van der Waals surface area contributed by atoms with Gasteiger partial charge in [0.2, 0.25) is 0 Å². The van der Waals surface area contributed by atoms with Crippen LogP contribution in [0.2, 0.25) is 0 Å². The van der Waals surface area contributed by atoms with Crippen LogP contribution in [0.4, 0.5) is 10.5 Å². The van der Waals surface area contributed by atoms with E-state index in [1.807, 2.05) is 0 Å². The van der Waals surface area contributed by atoms with E-state index in [1.165, 1.54) is 18.1 Å². The molecule has 0 aromatic heterocycles. The van der Waals surface area contributed by atoms with E-state index in [1.54, 1.807) is 20.8 Å². The van der Waals surface area contributed by atoms with Gasteiger partial charge < -0.3 is 19.5 Å². The van der Waals surface area contributed by atoms with Gasteiger partial charge >= 0.3 is 12.1 Å². The van der Waals surface area contributed by atoms with Crippen LogP contribution in [0, 0.1) is 10.1 Å². The molecule has 0 bridgehead atoms. The summed E-state index contributed by atoms with van der Waals surface area (Å²) in [6.45, 7) is 5.27. The van der Waals surface area contributed by atoms with Gasteiger partial charge in [-0.3, -0.25) is 10.1 Å². The molecule has 9 heteroatoms. The number of rotatable bonds is 7. The Hall–Kier alpha value is -2.68. The molecular formula is C16H22N2O7. The van der Waals surface area contributed by atoms with Crippen molar-refractivity contribution in [3.05, 3.63) is 39.4 Å². The van der Waals surface area contributed by atoms with Gasteiger partial charge in [0.05, 0.1) is 29.2 Å². The minimum atomic E-state index is -1.21. The predicted octanol–water partition coefficient (Wildman–Crippen LogP) is 2.68. The second-order valence-corrected chi connectivity index (χ2v) is 6.30. The number of carboxylic acids is 1. The summed E-state index contributed by atoms with van der Waals surface area (Å²) >= 11 is 0. The number of nitro groups is 1. The fourth-order valence-electron chi connectivity index (χ4n) is 1.99. The van der Waals surface area contributed by atoms with Gasteiger partial charge in [-0.25, -0.2) is 9.59 Å². The first-order chi connectivity index (χ1) is 11.5. The number of benzene rings is 1. The number of ether oxygens (including phenoxy) is 2. The molecule has 0 radical (unpaired) electrons. The molecule has 25 heavy (non-hydrogen) atoms. The zero-order chi connectivity index (χ0) is 19.2. The third-order valence-electron chi connectivity index (χ3n) is 3.10. The van der Waals surface area contributed by atoms with Crippen LogP contribution in [-0.2, 0) is 16.0 Å². The van der Waals surface area contributed by atoms with Gasteiger partial charge in [-0.2, -0.15) is 0 Å². The van der Waals surface area contributed by atoms with Gasteiger partial charge in [0, 0.05) is 19.7 Å². The molecule has 0 aliphatic carbocycles. The molecule has 1 aromatic carbocycles. The standard InChI is InChI=1S/C16H22N2O7/c1-16(2,3)25-15(21)17(7-8-24-4)10-12-9-11(14(19)20)5-6-13(12)18(22)23/h5-6,9H,7-8,10H2,1-4H3,(H,19,20). The predicted molar refractivity (Wildman–Crippen MR) is 88.6 cm³/mol. The van der Waals surface area contributed by atoms with Crippen molar-refractivity contribution in [3.8, 4) is 0 Å². The van der Waals surface area contributed by atoms with Crippen LogP contribution in [0.15, 0.2) is 18.2 Å². The molecule has 0 saturated carbocycles.